The molecule has 1 aliphatic heterocycles. The van der Waals surface area contributed by atoms with E-state index in [1.54, 1.807) is 12.1 Å². The molecular formula is C11H14N2O4. The Kier molecular flexibility index (Phi) is 3.55. The Morgan fingerprint density at radius 3 is 3.12 bits per heavy atom. The number of carboxylic acid groups (broad SMARTS) is 1. The van der Waals surface area contributed by atoms with Gasteiger partial charge in [-0.3, -0.25) is 0 Å². The fraction of sp³-hybridized carbons (Fsp3) is 0.455. The van der Waals surface area contributed by atoms with E-state index >= 15 is 0 Å². The van der Waals surface area contributed by atoms with Gasteiger partial charge in [-0.2, -0.15) is 0 Å². The number of hydrogen-bond donors (Lipinski definition) is 2. The minimum absolute atomic E-state index is 0.0227. The highest BCUT2D eigenvalue weighted by Crippen LogP contribution is 2.15. The van der Waals surface area contributed by atoms with Crippen LogP contribution in [-0.2, 0) is 4.74 Å². The van der Waals surface area contributed by atoms with Crippen LogP contribution in [0.5, 0.6) is 0 Å². The summed E-state index contributed by atoms with van der Waals surface area (Å²) in [5.74, 6) is -0.439. The van der Waals surface area contributed by atoms with Crippen molar-refractivity contribution in [2.24, 2.45) is 0 Å². The summed E-state index contributed by atoms with van der Waals surface area (Å²) in [6.45, 7) is 1.62. The highest BCUT2D eigenvalue weighted by atomic mass is 16.5. The van der Waals surface area contributed by atoms with E-state index in [0.717, 1.165) is 0 Å². The van der Waals surface area contributed by atoms with Gasteiger partial charge in [-0.1, -0.05) is 6.07 Å². The van der Waals surface area contributed by atoms with Crippen LogP contribution in [-0.4, -0.2) is 53.6 Å². The van der Waals surface area contributed by atoms with Gasteiger partial charge in [-0.25, -0.2) is 9.78 Å². The van der Waals surface area contributed by atoms with Crippen molar-refractivity contribution in [2.45, 2.75) is 6.10 Å². The number of nitrogens with zero attached hydrogens (tertiary/aromatic N) is 2. The first-order chi connectivity index (χ1) is 8.20. The average Bonchev–Trinajstić information content (AvgIpc) is 2.39. The molecule has 1 aromatic rings. The molecule has 2 N–H and O–H groups in total. The molecule has 17 heavy (non-hydrogen) atoms. The number of carboxylic acids is 1. The first-order valence-electron chi connectivity index (χ1n) is 5.38. The van der Waals surface area contributed by atoms with E-state index in [0.29, 0.717) is 25.5 Å². The molecule has 0 aromatic carbocycles. The first kappa shape index (κ1) is 11.8. The molecule has 92 valence electrons. The quantitative estimate of drug-likeness (QED) is 0.770. The Morgan fingerprint density at radius 2 is 2.41 bits per heavy atom. The summed E-state index contributed by atoms with van der Waals surface area (Å²) in [6.07, 6.45) is -0.237. The van der Waals surface area contributed by atoms with Crippen LogP contribution in [0.15, 0.2) is 18.2 Å². The SMILES string of the molecule is O=C(O)c1cccc(N2CCOC(CO)C2)n1. The fourth-order valence-corrected chi connectivity index (χ4v) is 1.76. The summed E-state index contributed by atoms with van der Waals surface area (Å²) >= 11 is 0. The molecule has 0 aliphatic carbocycles. The zero-order valence-electron chi connectivity index (χ0n) is 9.24. The van der Waals surface area contributed by atoms with Crippen molar-refractivity contribution in [3.05, 3.63) is 23.9 Å². The van der Waals surface area contributed by atoms with Crippen molar-refractivity contribution in [1.29, 1.82) is 0 Å². The molecule has 1 unspecified atom stereocenters. The summed E-state index contributed by atoms with van der Waals surface area (Å²) in [5.41, 5.74) is 0.0227. The number of carbonyl (C=O) groups is 1. The van der Waals surface area contributed by atoms with Crippen LogP contribution in [0.3, 0.4) is 0 Å². The maximum atomic E-state index is 10.8. The van der Waals surface area contributed by atoms with Crippen molar-refractivity contribution in [2.75, 3.05) is 31.2 Å². The third-order valence-electron chi connectivity index (χ3n) is 2.62. The lowest BCUT2D eigenvalue weighted by molar-refractivity contribution is 0.00335. The predicted molar refractivity (Wildman–Crippen MR) is 60.2 cm³/mol. The van der Waals surface area contributed by atoms with E-state index in [1.807, 2.05) is 4.90 Å². The van der Waals surface area contributed by atoms with Crippen LogP contribution in [0, 0.1) is 0 Å². The molecule has 1 aliphatic rings. The van der Waals surface area contributed by atoms with Gasteiger partial charge >= 0.3 is 5.97 Å². The normalized spacial score (nSPS) is 20.3. The van der Waals surface area contributed by atoms with E-state index in [2.05, 4.69) is 4.98 Å². The van der Waals surface area contributed by atoms with Gasteiger partial charge in [0.25, 0.3) is 0 Å². The maximum absolute atomic E-state index is 10.8. The highest BCUT2D eigenvalue weighted by molar-refractivity contribution is 5.85. The number of morpholine rings is 1. The topological polar surface area (TPSA) is 82.9 Å². The van der Waals surface area contributed by atoms with Crippen molar-refractivity contribution < 1.29 is 19.7 Å². The largest absolute Gasteiger partial charge is 0.477 e. The lowest BCUT2D eigenvalue weighted by Gasteiger charge is -2.32. The maximum Gasteiger partial charge on any atom is 0.354 e. The molecular weight excluding hydrogens is 224 g/mol. The van der Waals surface area contributed by atoms with Crippen LogP contribution in [0.4, 0.5) is 5.82 Å². The number of aromatic nitrogens is 1. The molecule has 0 radical (unpaired) electrons. The number of rotatable bonds is 3. The van der Waals surface area contributed by atoms with Crippen molar-refractivity contribution in [1.82, 2.24) is 4.98 Å². The van der Waals surface area contributed by atoms with Gasteiger partial charge in [-0.15, -0.1) is 0 Å². The highest BCUT2D eigenvalue weighted by Gasteiger charge is 2.21. The molecule has 0 bridgehead atoms. The van der Waals surface area contributed by atoms with Crippen molar-refractivity contribution in [3.8, 4) is 0 Å². The minimum atomic E-state index is -1.04. The van der Waals surface area contributed by atoms with E-state index in [1.165, 1.54) is 6.07 Å². The molecule has 6 heteroatoms. The minimum Gasteiger partial charge on any atom is -0.477 e. The van der Waals surface area contributed by atoms with Gasteiger partial charge in [0.2, 0.25) is 0 Å². The van der Waals surface area contributed by atoms with Crippen LogP contribution in [0.25, 0.3) is 0 Å². The second-order valence-corrected chi connectivity index (χ2v) is 3.81. The molecule has 0 amide bonds. The second-order valence-electron chi connectivity index (χ2n) is 3.81. The standard InChI is InChI=1S/C11H14N2O4/c14-7-8-6-13(4-5-17-8)10-3-1-2-9(12-10)11(15)16/h1-3,8,14H,4-7H2,(H,15,16). The molecule has 2 rings (SSSR count). The number of anilines is 1. The molecule has 1 fully saturated rings. The molecule has 6 nitrogen and oxygen atoms in total. The van der Waals surface area contributed by atoms with E-state index in [4.69, 9.17) is 14.9 Å². The van der Waals surface area contributed by atoms with Crippen molar-refractivity contribution in [3.63, 3.8) is 0 Å². The molecule has 1 saturated heterocycles. The third kappa shape index (κ3) is 2.72. The van der Waals surface area contributed by atoms with Gasteiger partial charge in [0.15, 0.2) is 5.69 Å². The van der Waals surface area contributed by atoms with Crippen LogP contribution in [0.1, 0.15) is 10.5 Å². The molecule has 1 atom stereocenters. The second kappa shape index (κ2) is 5.11. The monoisotopic (exact) mass is 238 g/mol. The molecule has 0 spiro atoms. The molecule has 0 saturated carbocycles. The van der Waals surface area contributed by atoms with Gasteiger partial charge in [0.1, 0.15) is 5.82 Å². The van der Waals surface area contributed by atoms with Crippen molar-refractivity contribution >= 4 is 11.8 Å². The molecule has 1 aromatic heterocycles. The molecule has 2 heterocycles. The number of ether oxygens (including phenoxy) is 1. The van der Waals surface area contributed by atoms with Crippen LogP contribution in [0.2, 0.25) is 0 Å². The van der Waals surface area contributed by atoms with E-state index in [-0.39, 0.29) is 18.4 Å². The first-order valence-corrected chi connectivity index (χ1v) is 5.38. The Morgan fingerprint density at radius 1 is 1.59 bits per heavy atom. The lowest BCUT2D eigenvalue weighted by Crippen LogP contribution is -2.44. The summed E-state index contributed by atoms with van der Waals surface area (Å²) in [7, 11) is 0. The lowest BCUT2D eigenvalue weighted by atomic mass is 10.2. The fourth-order valence-electron chi connectivity index (χ4n) is 1.76. The Labute approximate surface area is 98.5 Å². The Hall–Kier alpha value is -1.66. The smallest absolute Gasteiger partial charge is 0.354 e. The van der Waals surface area contributed by atoms with Gasteiger partial charge in [0.05, 0.1) is 19.3 Å². The number of pyridine rings is 1. The van der Waals surface area contributed by atoms with E-state index < -0.39 is 5.97 Å². The zero-order chi connectivity index (χ0) is 12.3. The Bertz CT molecular complexity index is 410. The van der Waals surface area contributed by atoms with Gasteiger partial charge in [-0.05, 0) is 12.1 Å². The van der Waals surface area contributed by atoms with Crippen LogP contribution < -0.4 is 4.90 Å². The summed E-state index contributed by atoms with van der Waals surface area (Å²) in [6, 6.07) is 4.87. The zero-order valence-corrected chi connectivity index (χ0v) is 9.24. The third-order valence-corrected chi connectivity index (χ3v) is 2.62. The number of aliphatic hydroxyl groups excluding tert-OH is 1. The predicted octanol–water partition coefficient (Wildman–Crippen LogP) is -0.0227. The summed E-state index contributed by atoms with van der Waals surface area (Å²) < 4.78 is 5.32. The van der Waals surface area contributed by atoms with E-state index in [9.17, 15) is 4.79 Å². The number of aromatic carboxylic acids is 1. The van der Waals surface area contributed by atoms with Crippen LogP contribution >= 0.6 is 0 Å². The van der Waals surface area contributed by atoms with Gasteiger partial charge < -0.3 is 19.8 Å². The number of hydrogen-bond acceptors (Lipinski definition) is 5. The number of aliphatic hydroxyl groups is 1. The summed E-state index contributed by atoms with van der Waals surface area (Å²) in [4.78, 5) is 16.8. The van der Waals surface area contributed by atoms with Gasteiger partial charge in [0, 0.05) is 13.1 Å². The Balaban J connectivity index is 2.16. The summed E-state index contributed by atoms with van der Waals surface area (Å²) in [5, 5.41) is 17.9. The average molecular weight is 238 g/mol.